The van der Waals surface area contributed by atoms with Crippen molar-refractivity contribution in [2.24, 2.45) is 0 Å². The molecule has 3 rings (SSSR count). The van der Waals surface area contributed by atoms with Gasteiger partial charge in [-0.1, -0.05) is 30.3 Å². The Morgan fingerprint density at radius 2 is 2.05 bits per heavy atom. The van der Waals surface area contributed by atoms with Gasteiger partial charge >= 0.3 is 5.97 Å². The molecule has 2 heterocycles. The fourth-order valence-corrected chi connectivity index (χ4v) is 3.17. The van der Waals surface area contributed by atoms with Crippen LogP contribution in [0.25, 0.3) is 10.2 Å². The number of pyridine rings is 1. The van der Waals surface area contributed by atoms with Crippen LogP contribution in [0, 0.1) is 0 Å². The normalized spacial score (nSPS) is 10.8. The van der Waals surface area contributed by atoms with Gasteiger partial charge in [-0.25, -0.2) is 14.8 Å². The molecule has 0 aliphatic carbocycles. The fourth-order valence-electron chi connectivity index (χ4n) is 2.20. The molecule has 4 nitrogen and oxygen atoms in total. The minimum absolute atomic E-state index is 0.340. The van der Waals surface area contributed by atoms with Crippen LogP contribution in [0.15, 0.2) is 42.6 Å². The standard InChI is InChI=1S/C17H16N2O2S/c1-2-21-17(20)13-10-15-14(11-18-13)19-16(22-15)9-8-12-6-4-3-5-7-12/h3-7,10-11H,2,8-9H2,1H3. The van der Waals surface area contributed by atoms with Gasteiger partial charge in [0.05, 0.1) is 28.0 Å². The number of fused-ring (bicyclic) bond motifs is 1. The Labute approximate surface area is 132 Å². The largest absolute Gasteiger partial charge is 0.461 e. The molecular formula is C17H16N2O2S. The van der Waals surface area contributed by atoms with Gasteiger partial charge in [0.25, 0.3) is 0 Å². The summed E-state index contributed by atoms with van der Waals surface area (Å²) in [4.78, 5) is 20.4. The Morgan fingerprint density at radius 1 is 1.23 bits per heavy atom. The average molecular weight is 312 g/mol. The van der Waals surface area contributed by atoms with Crippen LogP contribution in [0.4, 0.5) is 0 Å². The highest BCUT2D eigenvalue weighted by atomic mass is 32.1. The predicted octanol–water partition coefficient (Wildman–Crippen LogP) is 3.65. The number of benzene rings is 1. The molecule has 0 radical (unpaired) electrons. The first-order valence-corrected chi connectivity index (χ1v) is 8.04. The maximum Gasteiger partial charge on any atom is 0.356 e. The molecule has 2 aromatic heterocycles. The van der Waals surface area contributed by atoms with E-state index < -0.39 is 0 Å². The molecule has 0 aliphatic heterocycles. The zero-order valence-corrected chi connectivity index (χ0v) is 13.1. The van der Waals surface area contributed by atoms with E-state index in [-0.39, 0.29) is 5.97 Å². The molecule has 0 N–H and O–H groups in total. The number of carbonyl (C=O) groups is 1. The van der Waals surface area contributed by atoms with Crippen molar-refractivity contribution in [3.63, 3.8) is 0 Å². The fraction of sp³-hybridized carbons (Fsp3) is 0.235. The quantitative estimate of drug-likeness (QED) is 0.675. The average Bonchev–Trinajstić information content (AvgIpc) is 2.96. The van der Waals surface area contributed by atoms with Gasteiger partial charge < -0.3 is 4.74 Å². The number of hydrogen-bond donors (Lipinski definition) is 0. The SMILES string of the molecule is CCOC(=O)c1cc2sc(CCc3ccccc3)nc2cn1. The van der Waals surface area contributed by atoms with Crippen molar-refractivity contribution in [1.29, 1.82) is 0 Å². The molecule has 0 aliphatic rings. The van der Waals surface area contributed by atoms with Gasteiger partial charge in [0.1, 0.15) is 5.69 Å². The summed E-state index contributed by atoms with van der Waals surface area (Å²) in [6.45, 7) is 2.13. The zero-order chi connectivity index (χ0) is 15.4. The first kappa shape index (κ1) is 14.7. The van der Waals surface area contributed by atoms with Gasteiger partial charge in [-0.15, -0.1) is 11.3 Å². The molecule has 0 spiro atoms. The van der Waals surface area contributed by atoms with Gasteiger partial charge in [0.2, 0.25) is 0 Å². The van der Waals surface area contributed by atoms with Crippen molar-refractivity contribution in [1.82, 2.24) is 9.97 Å². The smallest absolute Gasteiger partial charge is 0.356 e. The Bertz CT molecular complexity index is 784. The highest BCUT2D eigenvalue weighted by molar-refractivity contribution is 7.18. The third-order valence-electron chi connectivity index (χ3n) is 3.27. The monoisotopic (exact) mass is 312 g/mol. The molecule has 3 aromatic rings. The van der Waals surface area contributed by atoms with Gasteiger partial charge in [-0.05, 0) is 25.0 Å². The van der Waals surface area contributed by atoms with Crippen molar-refractivity contribution < 1.29 is 9.53 Å². The van der Waals surface area contributed by atoms with Crippen LogP contribution < -0.4 is 0 Å². The number of carbonyl (C=O) groups excluding carboxylic acids is 1. The summed E-state index contributed by atoms with van der Waals surface area (Å²) in [5.41, 5.74) is 2.47. The number of nitrogens with zero attached hydrogens (tertiary/aromatic N) is 2. The summed E-state index contributed by atoms with van der Waals surface area (Å²) in [5.74, 6) is -0.386. The van der Waals surface area contributed by atoms with Crippen LogP contribution in [0.1, 0.15) is 28.0 Å². The highest BCUT2D eigenvalue weighted by Gasteiger charge is 2.11. The topological polar surface area (TPSA) is 52.1 Å². The summed E-state index contributed by atoms with van der Waals surface area (Å²) < 4.78 is 5.95. The van der Waals surface area contributed by atoms with E-state index in [1.165, 1.54) is 5.56 Å². The van der Waals surface area contributed by atoms with E-state index in [1.54, 1.807) is 30.5 Å². The van der Waals surface area contributed by atoms with Crippen LogP contribution in [-0.2, 0) is 17.6 Å². The van der Waals surface area contributed by atoms with Gasteiger partial charge in [-0.2, -0.15) is 0 Å². The Balaban J connectivity index is 1.76. The van der Waals surface area contributed by atoms with Crippen molar-refractivity contribution in [3.05, 3.63) is 58.9 Å². The van der Waals surface area contributed by atoms with E-state index in [1.807, 2.05) is 18.2 Å². The molecule has 0 unspecified atom stereocenters. The van der Waals surface area contributed by atoms with E-state index >= 15 is 0 Å². The van der Waals surface area contributed by atoms with Crippen LogP contribution in [0.3, 0.4) is 0 Å². The van der Waals surface area contributed by atoms with Crippen LogP contribution in [0.5, 0.6) is 0 Å². The number of thiazole rings is 1. The Morgan fingerprint density at radius 3 is 2.82 bits per heavy atom. The molecule has 112 valence electrons. The molecule has 5 heteroatoms. The van der Waals surface area contributed by atoms with Crippen molar-refractivity contribution in [2.75, 3.05) is 6.61 Å². The summed E-state index contributed by atoms with van der Waals surface area (Å²) in [5, 5.41) is 1.06. The number of rotatable bonds is 5. The number of hydrogen-bond acceptors (Lipinski definition) is 5. The zero-order valence-electron chi connectivity index (χ0n) is 12.3. The lowest BCUT2D eigenvalue weighted by Crippen LogP contribution is -2.06. The van der Waals surface area contributed by atoms with Crippen LogP contribution in [-0.4, -0.2) is 22.5 Å². The predicted molar refractivity (Wildman–Crippen MR) is 87.2 cm³/mol. The summed E-state index contributed by atoms with van der Waals surface area (Å²) in [6.07, 6.45) is 3.49. The third-order valence-corrected chi connectivity index (χ3v) is 4.35. The van der Waals surface area contributed by atoms with Gasteiger partial charge in [-0.3, -0.25) is 0 Å². The number of aromatic nitrogens is 2. The van der Waals surface area contributed by atoms with Crippen LogP contribution in [0.2, 0.25) is 0 Å². The lowest BCUT2D eigenvalue weighted by molar-refractivity contribution is 0.0520. The Hall–Kier alpha value is -2.27. The van der Waals surface area contributed by atoms with E-state index in [0.29, 0.717) is 12.3 Å². The molecule has 0 fully saturated rings. The molecule has 0 bridgehead atoms. The van der Waals surface area contributed by atoms with E-state index in [0.717, 1.165) is 28.1 Å². The number of ether oxygens (including phenoxy) is 1. The molecular weight excluding hydrogens is 296 g/mol. The third kappa shape index (κ3) is 3.31. The van der Waals surface area contributed by atoms with Gasteiger partial charge in [0.15, 0.2) is 0 Å². The molecule has 22 heavy (non-hydrogen) atoms. The maximum atomic E-state index is 11.7. The summed E-state index contributed by atoms with van der Waals surface area (Å²) >= 11 is 1.61. The molecule has 1 aromatic carbocycles. The molecule has 0 saturated heterocycles. The van der Waals surface area contributed by atoms with E-state index in [4.69, 9.17) is 4.74 Å². The second-order valence-electron chi connectivity index (χ2n) is 4.85. The highest BCUT2D eigenvalue weighted by Crippen LogP contribution is 2.23. The van der Waals surface area contributed by atoms with Gasteiger partial charge in [0, 0.05) is 6.42 Å². The number of esters is 1. The van der Waals surface area contributed by atoms with Crippen molar-refractivity contribution >= 4 is 27.5 Å². The molecule has 0 saturated carbocycles. The number of aryl methyl sites for hydroxylation is 2. The lowest BCUT2D eigenvalue weighted by atomic mass is 10.1. The molecule has 0 atom stereocenters. The van der Waals surface area contributed by atoms with Crippen LogP contribution >= 0.6 is 11.3 Å². The first-order valence-electron chi connectivity index (χ1n) is 7.23. The van der Waals surface area contributed by atoms with Crippen molar-refractivity contribution in [3.8, 4) is 0 Å². The minimum atomic E-state index is -0.386. The maximum absolute atomic E-state index is 11.7. The summed E-state index contributed by atoms with van der Waals surface area (Å²) in [7, 11) is 0. The van der Waals surface area contributed by atoms with E-state index in [9.17, 15) is 4.79 Å². The lowest BCUT2D eigenvalue weighted by Gasteiger charge is -1.99. The first-order chi connectivity index (χ1) is 10.8. The second-order valence-corrected chi connectivity index (χ2v) is 5.97. The molecule has 0 amide bonds. The minimum Gasteiger partial charge on any atom is -0.461 e. The second kappa shape index (κ2) is 6.66. The Kier molecular flexibility index (Phi) is 4.44. The van der Waals surface area contributed by atoms with Crippen molar-refractivity contribution in [2.45, 2.75) is 19.8 Å². The van der Waals surface area contributed by atoms with E-state index in [2.05, 4.69) is 22.1 Å². The summed E-state index contributed by atoms with van der Waals surface area (Å²) in [6, 6.07) is 12.1.